The van der Waals surface area contributed by atoms with Crippen molar-refractivity contribution in [3.8, 4) is 0 Å². The Morgan fingerprint density at radius 3 is 2.61 bits per heavy atom. The first-order valence-electron chi connectivity index (χ1n) is 5.95. The first-order chi connectivity index (χ1) is 8.34. The van der Waals surface area contributed by atoms with Crippen molar-refractivity contribution in [3.05, 3.63) is 23.6 Å². The third kappa shape index (κ3) is 3.18. The van der Waals surface area contributed by atoms with Gasteiger partial charge in [-0.25, -0.2) is 14.2 Å². The summed E-state index contributed by atoms with van der Waals surface area (Å²) >= 11 is 0. The van der Waals surface area contributed by atoms with Crippen LogP contribution in [0.3, 0.4) is 0 Å². The van der Waals surface area contributed by atoms with E-state index < -0.39 is 11.8 Å². The van der Waals surface area contributed by atoms with Gasteiger partial charge in [-0.2, -0.15) is 0 Å². The molecule has 0 spiro atoms. The number of carboxylic acid groups (broad SMARTS) is 1. The van der Waals surface area contributed by atoms with Crippen molar-refractivity contribution >= 4 is 11.8 Å². The molecule has 0 amide bonds. The lowest BCUT2D eigenvalue weighted by Gasteiger charge is -2.27. The zero-order valence-electron chi connectivity index (χ0n) is 11.1. The Bertz CT molecular complexity index is 435. The molecule has 4 nitrogen and oxygen atoms in total. The number of pyridine rings is 1. The lowest BCUT2D eigenvalue weighted by molar-refractivity contribution is 0.0691. The quantitative estimate of drug-likeness (QED) is 0.877. The number of halogens is 1. The second-order valence-corrected chi connectivity index (χ2v) is 4.89. The van der Waals surface area contributed by atoms with Crippen molar-refractivity contribution in [2.75, 3.05) is 11.9 Å². The van der Waals surface area contributed by atoms with Gasteiger partial charge in [0.1, 0.15) is 5.56 Å². The molecule has 1 N–H and O–H groups in total. The van der Waals surface area contributed by atoms with Crippen LogP contribution in [0, 0.1) is 11.7 Å². The predicted octanol–water partition coefficient (Wildman–Crippen LogP) is 2.79. The average Bonchev–Trinajstić information content (AvgIpc) is 2.27. The Balaban J connectivity index is 3.02. The fourth-order valence-corrected chi connectivity index (χ4v) is 1.89. The highest BCUT2D eigenvalue weighted by atomic mass is 19.1. The van der Waals surface area contributed by atoms with Gasteiger partial charge in [0.25, 0.3) is 0 Å². The summed E-state index contributed by atoms with van der Waals surface area (Å²) in [6.07, 6.45) is 2.20. The van der Waals surface area contributed by atoms with Crippen molar-refractivity contribution in [2.45, 2.75) is 33.2 Å². The molecule has 0 radical (unpaired) electrons. The molecule has 1 unspecified atom stereocenters. The number of nitrogens with zero attached hydrogens (tertiary/aromatic N) is 2. The highest BCUT2D eigenvalue weighted by molar-refractivity contribution is 5.88. The molecule has 5 heteroatoms. The molecular formula is C13H19FN2O2. The van der Waals surface area contributed by atoms with Crippen LogP contribution in [0.25, 0.3) is 0 Å². The Kier molecular flexibility index (Phi) is 4.64. The van der Waals surface area contributed by atoms with E-state index in [1.807, 2.05) is 6.92 Å². The van der Waals surface area contributed by atoms with Gasteiger partial charge in [-0.1, -0.05) is 13.8 Å². The summed E-state index contributed by atoms with van der Waals surface area (Å²) < 4.78 is 14.0. The van der Waals surface area contributed by atoms with E-state index >= 15 is 0 Å². The number of aromatic nitrogens is 1. The van der Waals surface area contributed by atoms with Gasteiger partial charge >= 0.3 is 5.97 Å². The lowest BCUT2D eigenvalue weighted by atomic mass is 10.0. The van der Waals surface area contributed by atoms with Crippen LogP contribution in [0.2, 0.25) is 0 Å². The van der Waals surface area contributed by atoms with E-state index in [1.165, 1.54) is 12.3 Å². The maximum absolute atomic E-state index is 14.0. The van der Waals surface area contributed by atoms with Gasteiger partial charge < -0.3 is 10.0 Å². The third-order valence-corrected chi connectivity index (χ3v) is 2.91. The summed E-state index contributed by atoms with van der Waals surface area (Å²) in [7, 11) is 1.73. The van der Waals surface area contributed by atoms with Gasteiger partial charge in [-0.05, 0) is 25.3 Å². The van der Waals surface area contributed by atoms with Crippen LogP contribution < -0.4 is 4.90 Å². The number of aromatic carboxylic acids is 1. The highest BCUT2D eigenvalue weighted by Crippen LogP contribution is 2.22. The topological polar surface area (TPSA) is 53.4 Å². The summed E-state index contributed by atoms with van der Waals surface area (Å²) in [6.45, 7) is 6.14. The molecule has 0 aliphatic heterocycles. The molecule has 100 valence electrons. The fourth-order valence-electron chi connectivity index (χ4n) is 1.89. The van der Waals surface area contributed by atoms with E-state index in [1.54, 1.807) is 11.9 Å². The zero-order valence-corrected chi connectivity index (χ0v) is 11.1. The minimum Gasteiger partial charge on any atom is -0.478 e. The standard InChI is InChI=1S/C13H19FN2O2/c1-8(2)7-9(3)16(4)12-11(14)10(13(17)18)5-6-15-12/h5-6,8-9H,7H2,1-4H3,(H,17,18). The van der Waals surface area contributed by atoms with Crippen LogP contribution in [-0.4, -0.2) is 29.1 Å². The molecule has 0 aromatic carbocycles. The Morgan fingerprint density at radius 2 is 2.11 bits per heavy atom. The van der Waals surface area contributed by atoms with Gasteiger partial charge in [0.05, 0.1) is 0 Å². The molecule has 0 bridgehead atoms. The van der Waals surface area contributed by atoms with E-state index in [0.717, 1.165) is 6.42 Å². The molecular weight excluding hydrogens is 235 g/mol. The van der Waals surface area contributed by atoms with Crippen LogP contribution in [-0.2, 0) is 0 Å². The van der Waals surface area contributed by atoms with E-state index in [9.17, 15) is 9.18 Å². The normalized spacial score (nSPS) is 12.6. The Morgan fingerprint density at radius 1 is 1.50 bits per heavy atom. The molecule has 1 heterocycles. The molecule has 18 heavy (non-hydrogen) atoms. The third-order valence-electron chi connectivity index (χ3n) is 2.91. The van der Waals surface area contributed by atoms with Crippen molar-refractivity contribution < 1.29 is 14.3 Å². The molecule has 1 atom stereocenters. The van der Waals surface area contributed by atoms with E-state index in [-0.39, 0.29) is 17.4 Å². The van der Waals surface area contributed by atoms with E-state index in [4.69, 9.17) is 5.11 Å². The smallest absolute Gasteiger partial charge is 0.338 e. The number of carboxylic acids is 1. The number of carbonyl (C=O) groups is 1. The molecule has 1 aromatic heterocycles. The van der Waals surface area contributed by atoms with Crippen LogP contribution >= 0.6 is 0 Å². The number of anilines is 1. The first kappa shape index (κ1) is 14.4. The van der Waals surface area contributed by atoms with Crippen LogP contribution in [0.1, 0.15) is 37.6 Å². The zero-order chi connectivity index (χ0) is 13.9. The van der Waals surface area contributed by atoms with E-state index in [0.29, 0.717) is 5.92 Å². The number of rotatable bonds is 5. The molecule has 0 aliphatic rings. The second-order valence-electron chi connectivity index (χ2n) is 4.89. The minimum absolute atomic E-state index is 0.0862. The van der Waals surface area contributed by atoms with Gasteiger partial charge in [-0.15, -0.1) is 0 Å². The largest absolute Gasteiger partial charge is 0.478 e. The SMILES string of the molecule is CC(C)CC(C)N(C)c1nccc(C(=O)O)c1F. The van der Waals surface area contributed by atoms with Crippen LogP contribution in [0.5, 0.6) is 0 Å². The van der Waals surface area contributed by atoms with Crippen molar-refractivity contribution in [1.29, 1.82) is 0 Å². The van der Waals surface area contributed by atoms with Gasteiger partial charge in [0.2, 0.25) is 0 Å². The van der Waals surface area contributed by atoms with Crippen LogP contribution in [0.15, 0.2) is 12.3 Å². The summed E-state index contributed by atoms with van der Waals surface area (Å²) in [5.74, 6) is -1.49. The van der Waals surface area contributed by atoms with Gasteiger partial charge in [0, 0.05) is 19.3 Å². The van der Waals surface area contributed by atoms with Gasteiger partial charge in [0.15, 0.2) is 11.6 Å². The minimum atomic E-state index is -1.28. The molecule has 0 fully saturated rings. The Hall–Kier alpha value is -1.65. The molecule has 0 saturated carbocycles. The molecule has 0 saturated heterocycles. The molecule has 1 rings (SSSR count). The summed E-state index contributed by atoms with van der Waals surface area (Å²) in [5.41, 5.74) is -0.344. The summed E-state index contributed by atoms with van der Waals surface area (Å²) in [6, 6.07) is 1.26. The lowest BCUT2D eigenvalue weighted by Crippen LogP contribution is -2.32. The maximum atomic E-state index is 14.0. The predicted molar refractivity (Wildman–Crippen MR) is 68.5 cm³/mol. The van der Waals surface area contributed by atoms with Crippen molar-refractivity contribution in [1.82, 2.24) is 4.98 Å². The fraction of sp³-hybridized carbons (Fsp3) is 0.538. The second kappa shape index (κ2) is 5.80. The Labute approximate surface area is 106 Å². The molecule has 1 aromatic rings. The summed E-state index contributed by atoms with van der Waals surface area (Å²) in [4.78, 5) is 16.5. The van der Waals surface area contributed by atoms with Crippen molar-refractivity contribution in [2.24, 2.45) is 5.92 Å². The monoisotopic (exact) mass is 254 g/mol. The first-order valence-corrected chi connectivity index (χ1v) is 5.95. The summed E-state index contributed by atoms with van der Waals surface area (Å²) in [5, 5.41) is 8.87. The highest BCUT2D eigenvalue weighted by Gasteiger charge is 2.21. The van der Waals surface area contributed by atoms with Crippen molar-refractivity contribution in [3.63, 3.8) is 0 Å². The number of hydrogen-bond donors (Lipinski definition) is 1. The number of hydrogen-bond acceptors (Lipinski definition) is 3. The van der Waals surface area contributed by atoms with Crippen LogP contribution in [0.4, 0.5) is 10.2 Å². The average molecular weight is 254 g/mol. The molecule has 0 aliphatic carbocycles. The van der Waals surface area contributed by atoms with Gasteiger partial charge in [-0.3, -0.25) is 0 Å². The maximum Gasteiger partial charge on any atom is 0.338 e. The van der Waals surface area contributed by atoms with E-state index in [2.05, 4.69) is 18.8 Å².